The summed E-state index contributed by atoms with van der Waals surface area (Å²) in [5.41, 5.74) is 5.57. The van der Waals surface area contributed by atoms with Gasteiger partial charge in [0.25, 0.3) is 0 Å². The third kappa shape index (κ3) is 4.43. The van der Waals surface area contributed by atoms with E-state index in [2.05, 4.69) is 15.9 Å². The first-order valence-corrected chi connectivity index (χ1v) is 14.9. The highest BCUT2D eigenvalue weighted by Crippen LogP contribution is 2.48. The largest absolute Gasteiger partial charge is 0.609 e. The molecule has 1 aromatic carbocycles. The molecular formula is C26H30Cl2N6O2S. The number of ether oxygens (including phenoxy) is 1. The van der Waals surface area contributed by atoms with Gasteiger partial charge in [0.2, 0.25) is 0 Å². The number of nitrogens with zero attached hydrogens (tertiary/aromatic N) is 6. The van der Waals surface area contributed by atoms with Crippen molar-refractivity contribution in [2.75, 3.05) is 31.8 Å². The molecule has 0 N–H and O–H groups in total. The highest BCUT2D eigenvalue weighted by molar-refractivity contribution is 7.90. The Morgan fingerprint density at radius 1 is 1.19 bits per heavy atom. The summed E-state index contributed by atoms with van der Waals surface area (Å²) in [6.07, 6.45) is 4.86. The summed E-state index contributed by atoms with van der Waals surface area (Å²) in [5, 5.41) is 6.63. The highest BCUT2D eigenvalue weighted by atomic mass is 35.5. The van der Waals surface area contributed by atoms with Crippen molar-refractivity contribution in [2.45, 2.75) is 62.7 Å². The molecule has 37 heavy (non-hydrogen) atoms. The number of anilines is 1. The number of rotatable bonds is 4. The molecule has 6 rings (SSSR count). The van der Waals surface area contributed by atoms with E-state index < -0.39 is 16.8 Å². The number of hydrogen-bond acceptors (Lipinski definition) is 7. The van der Waals surface area contributed by atoms with E-state index in [4.69, 9.17) is 43.0 Å². The van der Waals surface area contributed by atoms with Crippen molar-refractivity contribution in [3.8, 4) is 0 Å². The monoisotopic (exact) mass is 560 g/mol. The van der Waals surface area contributed by atoms with Crippen molar-refractivity contribution in [3.63, 3.8) is 0 Å². The van der Waals surface area contributed by atoms with E-state index in [0.717, 1.165) is 77.0 Å². The van der Waals surface area contributed by atoms with Crippen LogP contribution in [-0.4, -0.2) is 56.1 Å². The quantitative estimate of drug-likeness (QED) is 0.351. The molecule has 1 aliphatic carbocycles. The Hall–Kier alpha value is -1.88. The number of benzene rings is 1. The second kappa shape index (κ2) is 9.70. The number of halogens is 2. The lowest BCUT2D eigenvalue weighted by Crippen LogP contribution is -2.37. The first-order chi connectivity index (χ1) is 17.8. The van der Waals surface area contributed by atoms with Gasteiger partial charge in [-0.15, -0.1) is 0 Å². The lowest BCUT2D eigenvalue weighted by Gasteiger charge is -2.37. The maximum absolute atomic E-state index is 12.6. The zero-order chi connectivity index (χ0) is 25.9. The summed E-state index contributed by atoms with van der Waals surface area (Å²) in [5.74, 6) is 0.786. The van der Waals surface area contributed by atoms with Gasteiger partial charge in [0.1, 0.15) is 12.1 Å². The zero-order valence-corrected chi connectivity index (χ0v) is 23.6. The third-order valence-electron chi connectivity index (χ3n) is 7.61. The molecule has 8 nitrogen and oxygen atoms in total. The lowest BCUT2D eigenvalue weighted by molar-refractivity contribution is -0.0730. The van der Waals surface area contributed by atoms with Crippen LogP contribution in [0.2, 0.25) is 10.0 Å². The van der Waals surface area contributed by atoms with Gasteiger partial charge in [0.15, 0.2) is 0 Å². The van der Waals surface area contributed by atoms with Crippen molar-refractivity contribution in [1.29, 1.82) is 0 Å². The van der Waals surface area contributed by atoms with Gasteiger partial charge in [-0.3, -0.25) is 4.68 Å². The average molecular weight is 562 g/mol. The Kier molecular flexibility index (Phi) is 6.66. The molecular weight excluding hydrogens is 531 g/mol. The zero-order valence-electron chi connectivity index (χ0n) is 21.3. The number of aryl methyl sites for hydroxylation is 1. The third-order valence-corrected chi connectivity index (χ3v) is 9.09. The van der Waals surface area contributed by atoms with Gasteiger partial charge in [-0.2, -0.15) is 15.1 Å². The Balaban J connectivity index is 1.39. The Labute approximate surface area is 230 Å². The van der Waals surface area contributed by atoms with Crippen molar-refractivity contribution < 1.29 is 9.29 Å². The second-order valence-corrected chi connectivity index (χ2v) is 12.4. The van der Waals surface area contributed by atoms with Crippen molar-refractivity contribution in [1.82, 2.24) is 24.6 Å². The predicted molar refractivity (Wildman–Crippen MR) is 145 cm³/mol. The number of aromatic nitrogens is 4. The summed E-state index contributed by atoms with van der Waals surface area (Å²) in [6, 6.07) is 6.04. The molecule has 2 atom stereocenters. The van der Waals surface area contributed by atoms with Crippen molar-refractivity contribution in [3.05, 3.63) is 62.0 Å². The van der Waals surface area contributed by atoms with Crippen LogP contribution in [0.5, 0.6) is 0 Å². The molecule has 0 bridgehead atoms. The van der Waals surface area contributed by atoms with Gasteiger partial charge in [-0.1, -0.05) is 35.3 Å². The molecule has 1 spiro atoms. The normalized spacial score (nSPS) is 21.6. The Morgan fingerprint density at radius 3 is 2.81 bits per heavy atom. The predicted octanol–water partition coefficient (Wildman–Crippen LogP) is 4.10. The van der Waals surface area contributed by atoms with E-state index in [-0.39, 0.29) is 0 Å². The SMILES string of the molecule is CN(C)Cc1nn2c(c1Cl)CN(c1nc([S+](C)[O-])nc3c1CO[C@@]1(CCc4c(Cl)cccc41)C3)CCC2. The maximum Gasteiger partial charge on any atom is 0.344 e. The molecule has 2 aromatic heterocycles. The van der Waals surface area contributed by atoms with E-state index in [0.29, 0.717) is 36.3 Å². The van der Waals surface area contributed by atoms with Crippen LogP contribution in [0.1, 0.15) is 46.6 Å². The summed E-state index contributed by atoms with van der Waals surface area (Å²) >= 11 is 12.0. The summed E-state index contributed by atoms with van der Waals surface area (Å²) < 4.78 is 21.3. The van der Waals surface area contributed by atoms with Crippen LogP contribution in [0.15, 0.2) is 23.4 Å². The summed E-state index contributed by atoms with van der Waals surface area (Å²) in [4.78, 5) is 13.9. The molecule has 0 amide bonds. The van der Waals surface area contributed by atoms with E-state index in [1.54, 1.807) is 6.26 Å². The Morgan fingerprint density at radius 2 is 2.03 bits per heavy atom. The van der Waals surface area contributed by atoms with Crippen LogP contribution in [-0.2, 0) is 60.6 Å². The van der Waals surface area contributed by atoms with Gasteiger partial charge in [0.05, 0.1) is 40.9 Å². The minimum atomic E-state index is -1.32. The Bertz CT molecular complexity index is 1360. The molecule has 3 aliphatic rings. The fourth-order valence-electron chi connectivity index (χ4n) is 5.86. The van der Waals surface area contributed by atoms with E-state index in [1.807, 2.05) is 30.9 Å². The minimum absolute atomic E-state index is 0.354. The highest BCUT2D eigenvalue weighted by Gasteiger charge is 2.45. The first-order valence-electron chi connectivity index (χ1n) is 12.5. The summed E-state index contributed by atoms with van der Waals surface area (Å²) in [7, 11) is 4.02. The van der Waals surface area contributed by atoms with Crippen LogP contribution >= 0.6 is 23.2 Å². The van der Waals surface area contributed by atoms with E-state index >= 15 is 0 Å². The van der Waals surface area contributed by atoms with Crippen molar-refractivity contribution >= 4 is 40.2 Å². The second-order valence-electron chi connectivity index (χ2n) is 10.4. The fraction of sp³-hybridized carbons (Fsp3) is 0.500. The standard InChI is InChI=1S/C26H30Cl2N6O2S/c1-32(2)13-21-23(28)22-14-33(10-5-11-34(22)31-21)24-17-15-36-26(12-20(17)29-25(30-24)37(3)35)9-8-16-18(26)6-4-7-19(16)27/h4,6-7H,5,8-15H2,1-3H3/t26-,37?/m0/s1. The van der Waals surface area contributed by atoms with Crippen molar-refractivity contribution in [2.24, 2.45) is 0 Å². The molecule has 0 radical (unpaired) electrons. The van der Waals surface area contributed by atoms with Crippen LogP contribution in [0, 0.1) is 0 Å². The minimum Gasteiger partial charge on any atom is -0.609 e. The molecule has 3 aromatic rings. The van der Waals surface area contributed by atoms with Crippen LogP contribution in [0.3, 0.4) is 0 Å². The van der Waals surface area contributed by atoms with Gasteiger partial charge in [0, 0.05) is 47.8 Å². The lowest BCUT2D eigenvalue weighted by atomic mass is 9.87. The fourth-order valence-corrected chi connectivity index (χ4v) is 6.84. The number of hydrogen-bond donors (Lipinski definition) is 0. The smallest absolute Gasteiger partial charge is 0.344 e. The maximum atomic E-state index is 12.6. The van der Waals surface area contributed by atoms with E-state index in [1.165, 1.54) is 0 Å². The van der Waals surface area contributed by atoms with E-state index in [9.17, 15) is 4.55 Å². The van der Waals surface area contributed by atoms with Gasteiger partial charge in [-0.05, 0) is 50.6 Å². The molecule has 11 heteroatoms. The molecule has 0 saturated heterocycles. The summed E-state index contributed by atoms with van der Waals surface area (Å²) in [6.45, 7) is 3.22. The molecule has 0 saturated carbocycles. The number of fused-ring (bicyclic) bond motifs is 4. The molecule has 0 fully saturated rings. The molecule has 4 heterocycles. The van der Waals surface area contributed by atoms with Gasteiger partial charge < -0.3 is 19.1 Å². The van der Waals surface area contributed by atoms with Gasteiger partial charge >= 0.3 is 5.16 Å². The van der Waals surface area contributed by atoms with Crippen LogP contribution in [0.4, 0.5) is 5.82 Å². The topological polar surface area (TPSA) is 82.4 Å². The van der Waals surface area contributed by atoms with Crippen LogP contribution < -0.4 is 4.90 Å². The van der Waals surface area contributed by atoms with Gasteiger partial charge in [-0.25, -0.2) is 0 Å². The van der Waals surface area contributed by atoms with Crippen LogP contribution in [0.25, 0.3) is 0 Å². The average Bonchev–Trinajstić information content (AvgIpc) is 3.26. The first kappa shape index (κ1) is 25.4. The molecule has 2 aliphatic heterocycles. The molecule has 1 unspecified atom stereocenters. The molecule has 196 valence electrons.